The van der Waals surface area contributed by atoms with Crippen molar-refractivity contribution in [3.63, 3.8) is 0 Å². The van der Waals surface area contributed by atoms with Crippen molar-refractivity contribution in [3.8, 4) is 5.75 Å². The predicted octanol–water partition coefficient (Wildman–Crippen LogP) is 4.53. The Kier molecular flexibility index (Phi) is 8.35. The van der Waals surface area contributed by atoms with E-state index in [9.17, 15) is 14.7 Å². The minimum absolute atomic E-state index is 0.0295. The number of carbonyl (C=O) groups excluding carboxylic acids is 2. The molecule has 37 heavy (non-hydrogen) atoms. The van der Waals surface area contributed by atoms with Gasteiger partial charge in [0.15, 0.2) is 0 Å². The normalized spacial score (nSPS) is 20.4. The molecule has 198 valence electrons. The van der Waals surface area contributed by atoms with E-state index in [1.165, 1.54) is 0 Å². The van der Waals surface area contributed by atoms with E-state index in [1.54, 1.807) is 29.2 Å². The van der Waals surface area contributed by atoms with Gasteiger partial charge in [-0.1, -0.05) is 57.2 Å². The molecule has 0 saturated carbocycles. The number of likely N-dealkylation sites (tertiary alicyclic amines) is 1. The smallest absolute Gasteiger partial charge is 0.295 e. The third-order valence-electron chi connectivity index (χ3n) is 7.03. The summed E-state index contributed by atoms with van der Waals surface area (Å²) in [7, 11) is 0. The highest BCUT2D eigenvalue weighted by Crippen LogP contribution is 2.40. The summed E-state index contributed by atoms with van der Waals surface area (Å²) >= 11 is 0. The zero-order valence-corrected chi connectivity index (χ0v) is 22.3. The fourth-order valence-electron chi connectivity index (χ4n) is 4.97. The molecule has 0 radical (unpaired) electrons. The molecule has 1 amide bonds. The van der Waals surface area contributed by atoms with E-state index in [4.69, 9.17) is 9.47 Å². The Balaban J connectivity index is 1.70. The number of ketones is 1. The molecule has 1 N–H and O–H groups in total. The molecule has 0 bridgehead atoms. The van der Waals surface area contributed by atoms with Gasteiger partial charge in [-0.3, -0.25) is 14.5 Å². The molecule has 2 aliphatic heterocycles. The van der Waals surface area contributed by atoms with Crippen molar-refractivity contribution in [1.82, 2.24) is 9.80 Å². The molecule has 7 heteroatoms. The monoisotopic (exact) mass is 506 g/mol. The van der Waals surface area contributed by atoms with Crippen LogP contribution in [0, 0.1) is 0 Å². The minimum Gasteiger partial charge on any atom is -0.507 e. The summed E-state index contributed by atoms with van der Waals surface area (Å²) in [6, 6.07) is 14.4. The average Bonchev–Trinajstić information content (AvgIpc) is 3.14. The van der Waals surface area contributed by atoms with E-state index in [0.29, 0.717) is 37.7 Å². The number of Topliss-reactive ketones (excluding diaryl/α,β-unsaturated/α-hetero) is 1. The van der Waals surface area contributed by atoms with Crippen LogP contribution in [0.25, 0.3) is 5.76 Å². The Hall–Kier alpha value is -3.16. The number of benzene rings is 2. The van der Waals surface area contributed by atoms with Crippen LogP contribution in [0.1, 0.15) is 56.8 Å². The Morgan fingerprint density at radius 3 is 2.41 bits per heavy atom. The Morgan fingerprint density at radius 1 is 1.05 bits per heavy atom. The predicted molar refractivity (Wildman–Crippen MR) is 144 cm³/mol. The van der Waals surface area contributed by atoms with Gasteiger partial charge in [-0.2, -0.15) is 0 Å². The van der Waals surface area contributed by atoms with Crippen molar-refractivity contribution in [2.24, 2.45) is 0 Å². The van der Waals surface area contributed by atoms with Crippen LogP contribution in [0.5, 0.6) is 5.75 Å². The van der Waals surface area contributed by atoms with Crippen molar-refractivity contribution >= 4 is 17.4 Å². The molecule has 0 aromatic heterocycles. The molecule has 4 rings (SSSR count). The lowest BCUT2D eigenvalue weighted by Crippen LogP contribution is -2.39. The van der Waals surface area contributed by atoms with E-state index < -0.39 is 17.7 Å². The molecule has 2 aromatic carbocycles. The van der Waals surface area contributed by atoms with Gasteiger partial charge in [0.05, 0.1) is 31.4 Å². The summed E-state index contributed by atoms with van der Waals surface area (Å²) in [5, 5.41) is 11.4. The number of carbonyl (C=O) groups is 2. The van der Waals surface area contributed by atoms with Crippen LogP contribution in [-0.4, -0.2) is 72.6 Å². The number of rotatable bonds is 8. The molecule has 2 saturated heterocycles. The number of amides is 1. The highest BCUT2D eigenvalue weighted by atomic mass is 16.5. The van der Waals surface area contributed by atoms with Gasteiger partial charge >= 0.3 is 0 Å². The fourth-order valence-corrected chi connectivity index (χ4v) is 4.97. The molecule has 0 spiro atoms. The van der Waals surface area contributed by atoms with Crippen LogP contribution in [-0.2, 0) is 19.7 Å². The quantitative estimate of drug-likeness (QED) is 0.322. The van der Waals surface area contributed by atoms with Crippen LogP contribution in [0.3, 0.4) is 0 Å². The molecule has 0 aliphatic carbocycles. The van der Waals surface area contributed by atoms with Crippen LogP contribution < -0.4 is 4.74 Å². The van der Waals surface area contributed by atoms with Gasteiger partial charge in [0.2, 0.25) is 0 Å². The maximum Gasteiger partial charge on any atom is 0.295 e. The fraction of sp³-hybridized carbons (Fsp3) is 0.467. The van der Waals surface area contributed by atoms with Crippen LogP contribution >= 0.6 is 0 Å². The number of aliphatic hydroxyl groups is 1. The Morgan fingerprint density at radius 2 is 1.76 bits per heavy atom. The number of hydrogen-bond acceptors (Lipinski definition) is 6. The van der Waals surface area contributed by atoms with Crippen LogP contribution in [0.15, 0.2) is 54.1 Å². The van der Waals surface area contributed by atoms with Crippen LogP contribution in [0.2, 0.25) is 0 Å². The lowest BCUT2D eigenvalue weighted by molar-refractivity contribution is -0.140. The first-order valence-corrected chi connectivity index (χ1v) is 13.1. The van der Waals surface area contributed by atoms with E-state index in [2.05, 4.69) is 25.7 Å². The molecular formula is C30H38N2O5. The highest BCUT2D eigenvalue weighted by Gasteiger charge is 2.45. The second-order valence-electron chi connectivity index (χ2n) is 10.6. The third-order valence-corrected chi connectivity index (χ3v) is 7.03. The number of ether oxygens (including phenoxy) is 2. The summed E-state index contributed by atoms with van der Waals surface area (Å²) in [4.78, 5) is 30.6. The zero-order chi connectivity index (χ0) is 26.6. The van der Waals surface area contributed by atoms with Gasteiger partial charge in [0.1, 0.15) is 11.5 Å². The SMILES string of the molecule is CCOc1cccc(C(O)=C2C(=O)C(=O)N(CCCN3CCOCC3)C2c2ccc(C(C)(C)C)cc2)c1. The summed E-state index contributed by atoms with van der Waals surface area (Å²) in [5.74, 6) is -0.817. The van der Waals surface area contributed by atoms with E-state index in [0.717, 1.165) is 37.2 Å². The second kappa shape index (κ2) is 11.5. The highest BCUT2D eigenvalue weighted by molar-refractivity contribution is 6.46. The van der Waals surface area contributed by atoms with Gasteiger partial charge in [0.25, 0.3) is 11.7 Å². The second-order valence-corrected chi connectivity index (χ2v) is 10.6. The number of hydrogen-bond donors (Lipinski definition) is 1. The van der Waals surface area contributed by atoms with Crippen molar-refractivity contribution in [2.75, 3.05) is 46.0 Å². The zero-order valence-electron chi connectivity index (χ0n) is 22.3. The lowest BCUT2D eigenvalue weighted by Gasteiger charge is -2.29. The van der Waals surface area contributed by atoms with Gasteiger partial charge in [0, 0.05) is 31.7 Å². The number of morpholine rings is 1. The van der Waals surface area contributed by atoms with Crippen LogP contribution in [0.4, 0.5) is 0 Å². The standard InChI is InChI=1S/C30H38N2O5/c1-5-37-24-9-6-8-22(20-24)27(33)25-26(21-10-12-23(13-11-21)30(2,3)4)32(29(35)28(25)34)15-7-14-31-16-18-36-19-17-31/h6,8-13,20,26,33H,5,7,14-19H2,1-4H3. The maximum absolute atomic E-state index is 13.3. The van der Waals surface area contributed by atoms with Crippen molar-refractivity contribution in [1.29, 1.82) is 0 Å². The molecule has 2 fully saturated rings. The lowest BCUT2D eigenvalue weighted by atomic mass is 9.85. The van der Waals surface area contributed by atoms with Gasteiger partial charge < -0.3 is 19.5 Å². The molecule has 2 aliphatic rings. The van der Waals surface area contributed by atoms with Gasteiger partial charge in [-0.15, -0.1) is 0 Å². The first kappa shape index (κ1) is 26.9. The largest absolute Gasteiger partial charge is 0.507 e. The summed E-state index contributed by atoms with van der Waals surface area (Å²) in [5.41, 5.74) is 2.51. The minimum atomic E-state index is -0.658. The van der Waals surface area contributed by atoms with Crippen molar-refractivity contribution in [2.45, 2.75) is 45.6 Å². The Labute approximate surface area is 219 Å². The summed E-state index contributed by atoms with van der Waals surface area (Å²) in [6.45, 7) is 13.2. The topological polar surface area (TPSA) is 79.3 Å². The first-order valence-electron chi connectivity index (χ1n) is 13.1. The van der Waals surface area contributed by atoms with Gasteiger partial charge in [-0.05, 0) is 42.0 Å². The molecule has 2 heterocycles. The van der Waals surface area contributed by atoms with Crippen molar-refractivity contribution < 1.29 is 24.2 Å². The molecule has 1 unspecified atom stereocenters. The van der Waals surface area contributed by atoms with Crippen molar-refractivity contribution in [3.05, 3.63) is 70.8 Å². The number of nitrogens with zero attached hydrogens (tertiary/aromatic N) is 2. The van der Waals surface area contributed by atoms with E-state index >= 15 is 0 Å². The van der Waals surface area contributed by atoms with E-state index in [1.807, 2.05) is 31.2 Å². The Bertz CT molecular complexity index is 1140. The average molecular weight is 507 g/mol. The first-order chi connectivity index (χ1) is 17.7. The third kappa shape index (κ3) is 6.05. The number of aliphatic hydroxyl groups excluding tert-OH is 1. The van der Waals surface area contributed by atoms with Gasteiger partial charge in [-0.25, -0.2) is 0 Å². The molecular weight excluding hydrogens is 468 g/mol. The molecule has 2 aromatic rings. The molecule has 7 nitrogen and oxygen atoms in total. The molecule has 1 atom stereocenters. The summed E-state index contributed by atoms with van der Waals surface area (Å²) in [6.07, 6.45) is 0.726. The summed E-state index contributed by atoms with van der Waals surface area (Å²) < 4.78 is 11.0. The van der Waals surface area contributed by atoms with E-state index in [-0.39, 0.29) is 16.7 Å². The maximum atomic E-state index is 13.3.